The first kappa shape index (κ1) is 20.1. The van der Waals surface area contributed by atoms with Gasteiger partial charge in [0.1, 0.15) is 6.61 Å². The van der Waals surface area contributed by atoms with Crippen LogP contribution in [0.1, 0.15) is 43.2 Å². The molecule has 2 aromatic carbocycles. The number of hydrazone groups is 1. The van der Waals surface area contributed by atoms with Gasteiger partial charge in [-0.25, -0.2) is 0 Å². The molecular weight excluding hydrogens is 370 g/mol. The minimum atomic E-state index is 0.450. The van der Waals surface area contributed by atoms with Crippen LogP contribution in [0.4, 0.5) is 0 Å². The molecular formula is C22H27N3O2S. The quantitative estimate of drug-likeness (QED) is 0.412. The average molecular weight is 398 g/mol. The maximum atomic E-state index is 6.03. The molecule has 2 N–H and O–H groups in total. The summed E-state index contributed by atoms with van der Waals surface area (Å²) in [6, 6.07) is 16.2. The minimum Gasteiger partial charge on any atom is -0.493 e. The Morgan fingerprint density at radius 1 is 1.11 bits per heavy atom. The molecule has 6 heteroatoms. The molecule has 148 valence electrons. The van der Waals surface area contributed by atoms with Crippen LogP contribution in [-0.4, -0.2) is 24.5 Å². The van der Waals surface area contributed by atoms with E-state index >= 15 is 0 Å². The van der Waals surface area contributed by atoms with Crippen molar-refractivity contribution in [2.75, 3.05) is 7.11 Å². The lowest BCUT2D eigenvalue weighted by Crippen LogP contribution is -2.40. The molecule has 1 fully saturated rings. The molecule has 28 heavy (non-hydrogen) atoms. The molecule has 0 unspecified atom stereocenters. The fourth-order valence-electron chi connectivity index (χ4n) is 3.30. The SMILES string of the molecule is COc1cccc(/C=N/NC(=S)NC2CCCCC2)c1OCc1ccccc1. The van der Waals surface area contributed by atoms with Gasteiger partial charge in [-0.15, -0.1) is 0 Å². The van der Waals surface area contributed by atoms with Crippen molar-refractivity contribution in [3.8, 4) is 11.5 Å². The Morgan fingerprint density at radius 3 is 2.64 bits per heavy atom. The number of hydrogen-bond donors (Lipinski definition) is 2. The van der Waals surface area contributed by atoms with E-state index in [1.54, 1.807) is 13.3 Å². The van der Waals surface area contributed by atoms with Gasteiger partial charge < -0.3 is 14.8 Å². The normalized spacial score (nSPS) is 14.6. The number of ether oxygens (including phenoxy) is 2. The third-order valence-corrected chi connectivity index (χ3v) is 4.97. The largest absolute Gasteiger partial charge is 0.493 e. The van der Waals surface area contributed by atoms with Gasteiger partial charge in [-0.05, 0) is 42.8 Å². The first-order chi connectivity index (χ1) is 13.8. The zero-order chi connectivity index (χ0) is 19.6. The van der Waals surface area contributed by atoms with Gasteiger partial charge in [0, 0.05) is 11.6 Å². The van der Waals surface area contributed by atoms with E-state index in [4.69, 9.17) is 21.7 Å². The summed E-state index contributed by atoms with van der Waals surface area (Å²) < 4.78 is 11.5. The molecule has 0 aromatic heterocycles. The van der Waals surface area contributed by atoms with Crippen LogP contribution in [0.3, 0.4) is 0 Å². The van der Waals surface area contributed by atoms with Crippen LogP contribution in [0, 0.1) is 0 Å². The van der Waals surface area contributed by atoms with E-state index in [1.165, 1.54) is 32.1 Å². The highest BCUT2D eigenvalue weighted by Gasteiger charge is 2.14. The van der Waals surface area contributed by atoms with Crippen molar-refractivity contribution < 1.29 is 9.47 Å². The van der Waals surface area contributed by atoms with Crippen molar-refractivity contribution >= 4 is 23.5 Å². The standard InChI is InChI=1S/C22H27N3O2S/c1-26-20-14-8-11-18(21(20)27-16-17-9-4-2-5-10-17)15-23-25-22(28)24-19-12-6-3-7-13-19/h2,4-5,8-11,14-15,19H,3,6-7,12-13,16H2,1H3,(H2,24,25,28)/b23-15+. The summed E-state index contributed by atoms with van der Waals surface area (Å²) in [7, 11) is 1.63. The molecule has 1 saturated carbocycles. The molecule has 5 nitrogen and oxygen atoms in total. The van der Waals surface area contributed by atoms with Gasteiger partial charge in [0.2, 0.25) is 0 Å². The number of methoxy groups -OCH3 is 1. The topological polar surface area (TPSA) is 54.9 Å². The Bertz CT molecular complexity index is 790. The summed E-state index contributed by atoms with van der Waals surface area (Å²) >= 11 is 5.35. The number of hydrogen-bond acceptors (Lipinski definition) is 4. The highest BCUT2D eigenvalue weighted by molar-refractivity contribution is 7.80. The van der Waals surface area contributed by atoms with Crippen LogP contribution < -0.4 is 20.2 Å². The second-order valence-corrected chi connectivity index (χ2v) is 7.24. The van der Waals surface area contributed by atoms with Crippen molar-refractivity contribution in [2.24, 2.45) is 5.10 Å². The molecule has 0 spiro atoms. The Morgan fingerprint density at radius 2 is 1.89 bits per heavy atom. The summed E-state index contributed by atoms with van der Waals surface area (Å²) in [5.74, 6) is 1.33. The van der Waals surface area contributed by atoms with Crippen molar-refractivity contribution in [2.45, 2.75) is 44.8 Å². The lowest BCUT2D eigenvalue weighted by atomic mass is 9.96. The first-order valence-corrected chi connectivity index (χ1v) is 10.1. The molecule has 0 atom stereocenters. The fraction of sp³-hybridized carbons (Fsp3) is 0.364. The number of nitrogens with zero attached hydrogens (tertiary/aromatic N) is 1. The molecule has 2 aromatic rings. The van der Waals surface area contributed by atoms with Gasteiger partial charge >= 0.3 is 0 Å². The monoisotopic (exact) mass is 397 g/mol. The summed E-state index contributed by atoms with van der Waals surface area (Å²) in [4.78, 5) is 0. The molecule has 3 rings (SSSR count). The van der Waals surface area contributed by atoms with Crippen LogP contribution in [-0.2, 0) is 6.61 Å². The third kappa shape index (κ3) is 5.96. The number of para-hydroxylation sites is 1. The van der Waals surface area contributed by atoms with Gasteiger partial charge in [-0.3, -0.25) is 5.43 Å². The number of rotatable bonds is 7. The van der Waals surface area contributed by atoms with Crippen molar-refractivity contribution in [1.82, 2.24) is 10.7 Å². The van der Waals surface area contributed by atoms with Crippen LogP contribution in [0.25, 0.3) is 0 Å². The van der Waals surface area contributed by atoms with Crippen molar-refractivity contribution in [3.05, 3.63) is 59.7 Å². The fourth-order valence-corrected chi connectivity index (χ4v) is 3.52. The predicted molar refractivity (Wildman–Crippen MR) is 117 cm³/mol. The van der Waals surface area contributed by atoms with Crippen LogP contribution in [0.15, 0.2) is 53.6 Å². The predicted octanol–water partition coefficient (Wildman–Crippen LogP) is 4.40. The van der Waals surface area contributed by atoms with Gasteiger partial charge in [0.25, 0.3) is 0 Å². The van der Waals surface area contributed by atoms with Crippen LogP contribution in [0.2, 0.25) is 0 Å². The number of benzene rings is 2. The Kier molecular flexibility index (Phi) is 7.67. The zero-order valence-corrected chi connectivity index (χ0v) is 17.0. The maximum Gasteiger partial charge on any atom is 0.187 e. The lowest BCUT2D eigenvalue weighted by molar-refractivity contribution is 0.284. The zero-order valence-electron chi connectivity index (χ0n) is 16.2. The van der Waals surface area contributed by atoms with E-state index in [-0.39, 0.29) is 0 Å². The van der Waals surface area contributed by atoms with Gasteiger partial charge in [-0.2, -0.15) is 5.10 Å². The molecule has 0 heterocycles. The van der Waals surface area contributed by atoms with Gasteiger partial charge in [0.15, 0.2) is 16.6 Å². The van der Waals surface area contributed by atoms with E-state index in [9.17, 15) is 0 Å². The summed E-state index contributed by atoms with van der Waals surface area (Å²) in [6.07, 6.45) is 7.87. The number of thiocarbonyl (C=S) groups is 1. The molecule has 1 aliphatic carbocycles. The van der Waals surface area contributed by atoms with E-state index in [2.05, 4.69) is 15.8 Å². The van der Waals surface area contributed by atoms with E-state index < -0.39 is 0 Å². The van der Waals surface area contributed by atoms with Crippen molar-refractivity contribution in [1.29, 1.82) is 0 Å². The molecule has 0 amide bonds. The highest BCUT2D eigenvalue weighted by Crippen LogP contribution is 2.30. The minimum absolute atomic E-state index is 0.450. The smallest absolute Gasteiger partial charge is 0.187 e. The second kappa shape index (κ2) is 10.7. The first-order valence-electron chi connectivity index (χ1n) is 9.69. The summed E-state index contributed by atoms with van der Waals surface area (Å²) in [6.45, 7) is 0.455. The molecule has 0 saturated heterocycles. The Balaban J connectivity index is 1.61. The average Bonchev–Trinajstić information content (AvgIpc) is 2.74. The van der Waals surface area contributed by atoms with Crippen molar-refractivity contribution in [3.63, 3.8) is 0 Å². The third-order valence-electron chi connectivity index (χ3n) is 4.77. The Labute approximate surface area is 172 Å². The van der Waals surface area contributed by atoms with Crippen LogP contribution >= 0.6 is 12.2 Å². The molecule has 0 radical (unpaired) electrons. The van der Waals surface area contributed by atoms with E-state index in [1.807, 2.05) is 48.5 Å². The molecule has 0 bridgehead atoms. The molecule has 1 aliphatic rings. The van der Waals surface area contributed by atoms with E-state index in [0.717, 1.165) is 11.1 Å². The van der Waals surface area contributed by atoms with Gasteiger partial charge in [0.05, 0.1) is 13.3 Å². The molecule has 0 aliphatic heterocycles. The highest BCUT2D eigenvalue weighted by atomic mass is 32.1. The lowest BCUT2D eigenvalue weighted by Gasteiger charge is -2.23. The maximum absolute atomic E-state index is 6.03. The van der Waals surface area contributed by atoms with E-state index in [0.29, 0.717) is 29.3 Å². The Hall–Kier alpha value is -2.60. The van der Waals surface area contributed by atoms with Crippen LogP contribution in [0.5, 0.6) is 11.5 Å². The number of nitrogens with one attached hydrogen (secondary N) is 2. The summed E-state index contributed by atoms with van der Waals surface area (Å²) in [5.41, 5.74) is 4.82. The summed E-state index contributed by atoms with van der Waals surface area (Å²) in [5, 5.41) is 8.18. The second-order valence-electron chi connectivity index (χ2n) is 6.83. The van der Waals surface area contributed by atoms with Gasteiger partial charge in [-0.1, -0.05) is 55.7 Å².